The Kier molecular flexibility index (Phi) is 5.94. The van der Waals surface area contributed by atoms with Crippen LogP contribution >= 0.6 is 11.3 Å². The molecule has 2 aromatic heterocycles. The van der Waals surface area contributed by atoms with Crippen LogP contribution in [0.1, 0.15) is 34.3 Å². The minimum atomic E-state index is -0.631. The molecule has 0 bridgehead atoms. The molecule has 0 radical (unpaired) electrons. The van der Waals surface area contributed by atoms with E-state index in [1.807, 2.05) is 0 Å². The van der Waals surface area contributed by atoms with Gasteiger partial charge in [0.1, 0.15) is 17.9 Å². The summed E-state index contributed by atoms with van der Waals surface area (Å²) in [5.41, 5.74) is 0.693. The van der Waals surface area contributed by atoms with Crippen LogP contribution in [0.5, 0.6) is 0 Å². The molecule has 0 saturated carbocycles. The highest BCUT2D eigenvalue weighted by molar-refractivity contribution is 7.15. The average molecular weight is 441 g/mol. The molecule has 1 aliphatic rings. The lowest BCUT2D eigenvalue weighted by atomic mass is 9.93. The molecular formula is C22H21FN4O3S. The number of hydrogen-bond donors (Lipinski definition) is 2. The van der Waals surface area contributed by atoms with E-state index in [9.17, 15) is 18.8 Å². The van der Waals surface area contributed by atoms with Crippen LogP contribution in [0.25, 0.3) is 0 Å². The number of benzene rings is 1. The van der Waals surface area contributed by atoms with Crippen LogP contribution in [0, 0.1) is 11.7 Å². The number of anilines is 2. The zero-order valence-electron chi connectivity index (χ0n) is 16.9. The molecule has 9 heteroatoms. The van der Waals surface area contributed by atoms with E-state index in [-0.39, 0.29) is 12.1 Å². The first-order valence-corrected chi connectivity index (χ1v) is 10.8. The third-order valence-corrected chi connectivity index (χ3v) is 6.15. The molecule has 4 rings (SSSR count). The van der Waals surface area contributed by atoms with E-state index in [2.05, 4.69) is 22.5 Å². The maximum Gasteiger partial charge on any atom is 0.263 e. The van der Waals surface area contributed by atoms with Gasteiger partial charge in [-0.15, -0.1) is 11.3 Å². The van der Waals surface area contributed by atoms with Crippen molar-refractivity contribution in [3.8, 4) is 0 Å². The number of aromatic nitrogens is 2. The number of hydrogen-bond acceptors (Lipinski definition) is 5. The number of carbonyl (C=O) groups excluding carboxylic acids is 2. The second-order valence-corrected chi connectivity index (χ2v) is 8.68. The Balaban J connectivity index is 1.44. The maximum absolute atomic E-state index is 13.0. The third kappa shape index (κ3) is 4.88. The van der Waals surface area contributed by atoms with Crippen molar-refractivity contribution in [2.45, 2.75) is 32.7 Å². The van der Waals surface area contributed by atoms with Crippen molar-refractivity contribution in [3.05, 3.63) is 74.9 Å². The Morgan fingerprint density at radius 2 is 2.00 bits per heavy atom. The van der Waals surface area contributed by atoms with E-state index in [1.165, 1.54) is 63.4 Å². The lowest BCUT2D eigenvalue weighted by Gasteiger charge is -2.15. The van der Waals surface area contributed by atoms with Gasteiger partial charge in [-0.25, -0.2) is 9.37 Å². The largest absolute Gasteiger partial charge is 0.322 e. The minimum absolute atomic E-state index is 0.113. The predicted octanol–water partition coefficient (Wildman–Crippen LogP) is 3.46. The smallest absolute Gasteiger partial charge is 0.263 e. The van der Waals surface area contributed by atoms with E-state index in [0.29, 0.717) is 16.7 Å². The van der Waals surface area contributed by atoms with Gasteiger partial charge in [-0.3, -0.25) is 14.4 Å². The van der Waals surface area contributed by atoms with Crippen LogP contribution in [0.4, 0.5) is 15.2 Å². The van der Waals surface area contributed by atoms with E-state index < -0.39 is 23.2 Å². The molecule has 1 atom stereocenters. The summed E-state index contributed by atoms with van der Waals surface area (Å²) in [5.74, 6) is -0.842. The minimum Gasteiger partial charge on any atom is -0.322 e. The number of carbonyl (C=O) groups is 2. The Morgan fingerprint density at radius 3 is 2.77 bits per heavy atom. The fourth-order valence-electron chi connectivity index (χ4n) is 3.47. The zero-order valence-corrected chi connectivity index (χ0v) is 17.7. The molecule has 7 nitrogen and oxygen atoms in total. The van der Waals surface area contributed by atoms with Gasteiger partial charge < -0.3 is 15.2 Å². The Hall–Kier alpha value is -3.33. The van der Waals surface area contributed by atoms with E-state index in [4.69, 9.17) is 0 Å². The molecule has 1 aromatic carbocycles. The Morgan fingerprint density at radius 1 is 1.23 bits per heavy atom. The zero-order chi connectivity index (χ0) is 22.0. The third-order valence-electron chi connectivity index (χ3n) is 5.11. The van der Waals surface area contributed by atoms with Crippen molar-refractivity contribution < 1.29 is 14.0 Å². The first-order valence-electron chi connectivity index (χ1n) is 9.94. The molecule has 0 spiro atoms. The maximum atomic E-state index is 13.0. The molecule has 2 amide bonds. The van der Waals surface area contributed by atoms with E-state index in [0.717, 1.165) is 25.0 Å². The number of halogens is 1. The average Bonchev–Trinajstić information content (AvgIpc) is 3.12. The van der Waals surface area contributed by atoms with Crippen LogP contribution in [-0.4, -0.2) is 21.4 Å². The van der Waals surface area contributed by atoms with Gasteiger partial charge in [0.15, 0.2) is 5.13 Å². The first kappa shape index (κ1) is 20.9. The molecule has 0 aliphatic heterocycles. The van der Waals surface area contributed by atoms with Gasteiger partial charge in [0, 0.05) is 16.8 Å². The fourth-order valence-corrected chi connectivity index (χ4v) is 4.66. The van der Waals surface area contributed by atoms with Gasteiger partial charge in [-0.1, -0.05) is 6.92 Å². The lowest BCUT2D eigenvalue weighted by molar-refractivity contribution is -0.116. The Bertz CT molecular complexity index is 1190. The van der Waals surface area contributed by atoms with Crippen molar-refractivity contribution in [3.63, 3.8) is 0 Å². The van der Waals surface area contributed by atoms with Crippen LogP contribution in [0.2, 0.25) is 0 Å². The molecule has 2 heterocycles. The number of thiazole rings is 1. The number of nitrogens with one attached hydrogen (secondary N) is 2. The molecule has 160 valence electrons. The monoisotopic (exact) mass is 440 g/mol. The molecular weight excluding hydrogens is 419 g/mol. The van der Waals surface area contributed by atoms with Crippen molar-refractivity contribution in [2.24, 2.45) is 5.92 Å². The number of aryl methyl sites for hydroxylation is 1. The summed E-state index contributed by atoms with van der Waals surface area (Å²) in [5, 5.41) is 5.84. The van der Waals surface area contributed by atoms with E-state index in [1.54, 1.807) is 0 Å². The summed E-state index contributed by atoms with van der Waals surface area (Å²) in [6, 6.07) is 8.12. The van der Waals surface area contributed by atoms with Gasteiger partial charge in [0.25, 0.3) is 11.5 Å². The highest BCUT2D eigenvalue weighted by Crippen LogP contribution is 2.32. The second-order valence-electron chi connectivity index (χ2n) is 7.60. The summed E-state index contributed by atoms with van der Waals surface area (Å²) >= 11 is 1.47. The van der Waals surface area contributed by atoms with Gasteiger partial charge in [-0.2, -0.15) is 0 Å². The number of amides is 2. The molecule has 2 N–H and O–H groups in total. The Labute approximate surface area is 181 Å². The van der Waals surface area contributed by atoms with Gasteiger partial charge in [0.2, 0.25) is 5.91 Å². The predicted molar refractivity (Wildman–Crippen MR) is 117 cm³/mol. The van der Waals surface area contributed by atoms with Crippen LogP contribution in [0.15, 0.2) is 47.4 Å². The van der Waals surface area contributed by atoms with E-state index >= 15 is 0 Å². The van der Waals surface area contributed by atoms with Gasteiger partial charge in [-0.05, 0) is 61.6 Å². The molecule has 0 fully saturated rings. The van der Waals surface area contributed by atoms with Crippen molar-refractivity contribution in [1.29, 1.82) is 0 Å². The summed E-state index contributed by atoms with van der Waals surface area (Å²) in [7, 11) is 0. The number of fused-ring (bicyclic) bond motifs is 1. The quantitative estimate of drug-likeness (QED) is 0.636. The van der Waals surface area contributed by atoms with Gasteiger partial charge >= 0.3 is 0 Å². The van der Waals surface area contributed by atoms with Crippen LogP contribution in [-0.2, 0) is 24.2 Å². The summed E-state index contributed by atoms with van der Waals surface area (Å²) in [6.07, 6.45) is 4.42. The SMILES string of the molecule is C[C@H]1CCc2nc(NC(=O)Cn3cccc(C(=O)Nc4ccc(F)cc4)c3=O)sc2C1. The topological polar surface area (TPSA) is 93.1 Å². The standard InChI is InChI=1S/C22H21FN4O3S/c1-13-4-9-17-18(11-13)31-22(25-17)26-19(28)12-27-10-2-3-16(21(27)30)20(29)24-15-7-5-14(23)6-8-15/h2-3,5-8,10,13H,4,9,11-12H2,1H3,(H,24,29)(H,25,26,28)/t13-/m0/s1. The summed E-state index contributed by atoms with van der Waals surface area (Å²) in [6.45, 7) is 1.96. The number of pyridine rings is 1. The molecule has 31 heavy (non-hydrogen) atoms. The highest BCUT2D eigenvalue weighted by Gasteiger charge is 2.21. The fraction of sp³-hybridized carbons (Fsp3) is 0.273. The molecule has 3 aromatic rings. The number of nitrogens with zero attached hydrogens (tertiary/aromatic N) is 2. The van der Waals surface area contributed by atoms with Crippen LogP contribution < -0.4 is 16.2 Å². The summed E-state index contributed by atoms with van der Waals surface area (Å²) in [4.78, 5) is 43.3. The van der Waals surface area contributed by atoms with Gasteiger partial charge in [0.05, 0.1) is 5.69 Å². The normalized spacial score (nSPS) is 15.2. The van der Waals surface area contributed by atoms with Crippen molar-refractivity contribution >= 4 is 34.0 Å². The molecule has 1 aliphatic carbocycles. The van der Waals surface area contributed by atoms with Crippen molar-refractivity contribution in [2.75, 3.05) is 10.6 Å². The molecule has 0 saturated heterocycles. The lowest BCUT2D eigenvalue weighted by Crippen LogP contribution is -2.32. The highest BCUT2D eigenvalue weighted by atomic mass is 32.1. The molecule has 0 unspecified atom stereocenters. The van der Waals surface area contributed by atoms with Crippen molar-refractivity contribution in [1.82, 2.24) is 9.55 Å². The second kappa shape index (κ2) is 8.81. The first-order chi connectivity index (χ1) is 14.9. The number of rotatable bonds is 5. The summed E-state index contributed by atoms with van der Waals surface area (Å²) < 4.78 is 14.2. The van der Waals surface area contributed by atoms with Crippen LogP contribution in [0.3, 0.4) is 0 Å².